The maximum absolute atomic E-state index is 13.7. The van der Waals surface area contributed by atoms with E-state index in [4.69, 9.17) is 16.3 Å². The number of aliphatic hydroxyl groups excluding tert-OH is 1. The molecule has 0 aliphatic carbocycles. The molecule has 3 aromatic heterocycles. The maximum atomic E-state index is 13.7. The van der Waals surface area contributed by atoms with E-state index in [0.717, 1.165) is 12.3 Å². The van der Waals surface area contributed by atoms with E-state index in [1.54, 1.807) is 29.1 Å². The van der Waals surface area contributed by atoms with Gasteiger partial charge < -0.3 is 14.4 Å². The third-order valence-electron chi connectivity index (χ3n) is 4.56. The number of alkyl halides is 2. The number of aromatic nitrogens is 6. The van der Waals surface area contributed by atoms with E-state index in [1.165, 1.54) is 7.11 Å². The van der Waals surface area contributed by atoms with Crippen molar-refractivity contribution in [3.05, 3.63) is 35.4 Å². The van der Waals surface area contributed by atoms with Crippen LogP contribution < -0.4 is 4.74 Å². The predicted molar refractivity (Wildman–Crippen MR) is 114 cm³/mol. The SMILES string of the molecule is CC.COc1cc2c(-c3cn[nH]c3)c(-c3n[nH]c(C(C)(F)F)n3)n(CCO)c2cc1Cl. The molecule has 0 atom stereocenters. The molecule has 4 aromatic rings. The number of fused-ring (bicyclic) bond motifs is 1. The summed E-state index contributed by atoms with van der Waals surface area (Å²) in [6, 6.07) is 3.44. The Bertz CT molecular complexity index is 1160. The standard InChI is InChI=1S/C18H17ClF2N6O2.C2H6/c1-18(20,21)17-24-16(25-26-17)15-14(9-7-22-23-8-9)10-5-13(29-2)11(19)6-12(10)27(15)3-4-28;1-2/h5-8,28H,3-4H2,1-2H3,(H,22,23)(H,24,25,26);1-2H3. The van der Waals surface area contributed by atoms with Crippen LogP contribution in [-0.4, -0.2) is 48.8 Å². The average molecular weight is 453 g/mol. The van der Waals surface area contributed by atoms with Crippen LogP contribution >= 0.6 is 11.6 Å². The summed E-state index contributed by atoms with van der Waals surface area (Å²) in [5.74, 6) is -3.21. The van der Waals surface area contributed by atoms with Crippen molar-refractivity contribution in [2.45, 2.75) is 33.2 Å². The van der Waals surface area contributed by atoms with E-state index in [1.807, 2.05) is 13.8 Å². The second-order valence-electron chi connectivity index (χ2n) is 6.49. The highest BCUT2D eigenvalue weighted by Crippen LogP contribution is 2.43. The van der Waals surface area contributed by atoms with Gasteiger partial charge in [0.2, 0.25) is 0 Å². The number of hydrogen-bond acceptors (Lipinski definition) is 5. The fraction of sp³-hybridized carbons (Fsp3) is 0.350. The third-order valence-corrected chi connectivity index (χ3v) is 4.86. The van der Waals surface area contributed by atoms with E-state index in [-0.39, 0.29) is 19.0 Å². The predicted octanol–water partition coefficient (Wildman–Crippen LogP) is 4.61. The summed E-state index contributed by atoms with van der Waals surface area (Å²) < 4.78 is 34.5. The van der Waals surface area contributed by atoms with Crippen LogP contribution in [0.2, 0.25) is 5.02 Å². The lowest BCUT2D eigenvalue weighted by atomic mass is 10.0. The molecule has 3 N–H and O–H groups in total. The van der Waals surface area contributed by atoms with Gasteiger partial charge in [0, 0.05) is 36.2 Å². The second kappa shape index (κ2) is 9.03. The molecule has 4 rings (SSSR count). The van der Waals surface area contributed by atoms with E-state index in [9.17, 15) is 13.9 Å². The molecule has 0 bridgehead atoms. The molecule has 0 saturated heterocycles. The Labute approximate surface area is 182 Å². The molecule has 8 nitrogen and oxygen atoms in total. The first kappa shape index (κ1) is 22.7. The van der Waals surface area contributed by atoms with Gasteiger partial charge in [0.1, 0.15) is 5.75 Å². The summed E-state index contributed by atoms with van der Waals surface area (Å²) in [6.45, 7) is 4.73. The van der Waals surface area contributed by atoms with E-state index < -0.39 is 11.7 Å². The molecule has 0 aliphatic heterocycles. The summed E-state index contributed by atoms with van der Waals surface area (Å²) >= 11 is 6.32. The Morgan fingerprint density at radius 2 is 2.03 bits per heavy atom. The van der Waals surface area contributed by atoms with Crippen molar-refractivity contribution in [3.8, 4) is 28.4 Å². The largest absolute Gasteiger partial charge is 0.495 e. The molecule has 166 valence electrons. The van der Waals surface area contributed by atoms with Crippen LogP contribution in [0.5, 0.6) is 5.75 Å². The average Bonchev–Trinajstić information content (AvgIpc) is 3.48. The van der Waals surface area contributed by atoms with Crippen molar-refractivity contribution < 1.29 is 18.6 Å². The molecular formula is C20H23ClF2N6O2. The van der Waals surface area contributed by atoms with Gasteiger partial charge in [-0.1, -0.05) is 25.4 Å². The van der Waals surface area contributed by atoms with Crippen molar-refractivity contribution >= 4 is 22.5 Å². The monoisotopic (exact) mass is 452 g/mol. The van der Waals surface area contributed by atoms with Crippen molar-refractivity contribution in [2.75, 3.05) is 13.7 Å². The van der Waals surface area contributed by atoms with Crippen LogP contribution in [0.15, 0.2) is 24.5 Å². The summed E-state index contributed by atoms with van der Waals surface area (Å²) in [7, 11) is 1.50. The number of rotatable bonds is 6. The van der Waals surface area contributed by atoms with Gasteiger partial charge in [-0.3, -0.25) is 10.2 Å². The van der Waals surface area contributed by atoms with Gasteiger partial charge in [0.05, 0.1) is 36.1 Å². The molecule has 0 spiro atoms. The Morgan fingerprint density at radius 1 is 1.29 bits per heavy atom. The number of aliphatic hydroxyl groups is 1. The van der Waals surface area contributed by atoms with E-state index >= 15 is 0 Å². The van der Waals surface area contributed by atoms with Crippen LogP contribution in [0.3, 0.4) is 0 Å². The molecule has 0 saturated carbocycles. The molecule has 1 aromatic carbocycles. The van der Waals surface area contributed by atoms with Crippen molar-refractivity contribution in [1.29, 1.82) is 0 Å². The third kappa shape index (κ3) is 4.13. The molecule has 0 radical (unpaired) electrons. The minimum atomic E-state index is -3.18. The van der Waals surface area contributed by atoms with Crippen molar-refractivity contribution in [1.82, 2.24) is 29.9 Å². The molecule has 31 heavy (non-hydrogen) atoms. The second-order valence-corrected chi connectivity index (χ2v) is 6.89. The highest BCUT2D eigenvalue weighted by Gasteiger charge is 2.31. The van der Waals surface area contributed by atoms with Gasteiger partial charge in [0.15, 0.2) is 11.6 Å². The normalized spacial score (nSPS) is 11.5. The van der Waals surface area contributed by atoms with Crippen LogP contribution in [0, 0.1) is 0 Å². The van der Waals surface area contributed by atoms with Gasteiger partial charge in [-0.05, 0) is 12.1 Å². The Balaban J connectivity index is 0.00000132. The first-order valence-electron chi connectivity index (χ1n) is 9.66. The summed E-state index contributed by atoms with van der Waals surface area (Å²) in [5.41, 5.74) is 2.47. The van der Waals surface area contributed by atoms with Crippen LogP contribution in [0.25, 0.3) is 33.5 Å². The Kier molecular flexibility index (Phi) is 6.61. The van der Waals surface area contributed by atoms with Crippen LogP contribution in [-0.2, 0) is 12.5 Å². The van der Waals surface area contributed by atoms with Crippen molar-refractivity contribution in [2.24, 2.45) is 0 Å². The minimum absolute atomic E-state index is 0.0671. The number of ether oxygens (including phenoxy) is 1. The summed E-state index contributed by atoms with van der Waals surface area (Å²) in [5, 5.41) is 23.8. The van der Waals surface area contributed by atoms with Crippen LogP contribution in [0.4, 0.5) is 8.78 Å². The zero-order chi connectivity index (χ0) is 22.8. The van der Waals surface area contributed by atoms with Crippen LogP contribution in [0.1, 0.15) is 26.6 Å². The number of benzene rings is 1. The summed E-state index contributed by atoms with van der Waals surface area (Å²) in [4.78, 5) is 4.01. The van der Waals surface area contributed by atoms with Gasteiger partial charge in [-0.2, -0.15) is 19.0 Å². The quantitative estimate of drug-likeness (QED) is 0.396. The highest BCUT2D eigenvalue weighted by molar-refractivity contribution is 6.33. The number of nitrogens with zero attached hydrogens (tertiary/aromatic N) is 4. The van der Waals surface area contributed by atoms with Crippen molar-refractivity contribution in [3.63, 3.8) is 0 Å². The fourth-order valence-electron chi connectivity index (χ4n) is 3.31. The van der Waals surface area contributed by atoms with Gasteiger partial charge in [-0.25, -0.2) is 4.98 Å². The van der Waals surface area contributed by atoms with Gasteiger partial charge in [-0.15, -0.1) is 0 Å². The minimum Gasteiger partial charge on any atom is -0.495 e. The fourth-order valence-corrected chi connectivity index (χ4v) is 3.55. The topological polar surface area (TPSA) is 105 Å². The zero-order valence-corrected chi connectivity index (χ0v) is 18.3. The number of H-pyrrole nitrogens is 2. The molecule has 11 heteroatoms. The number of halogens is 3. The lowest BCUT2D eigenvalue weighted by Crippen LogP contribution is -2.09. The smallest absolute Gasteiger partial charge is 0.303 e. The first-order valence-corrected chi connectivity index (χ1v) is 10.0. The molecular weight excluding hydrogens is 430 g/mol. The zero-order valence-electron chi connectivity index (χ0n) is 17.5. The molecule has 0 unspecified atom stereocenters. The number of nitrogens with one attached hydrogen (secondary N) is 2. The molecule has 0 fully saturated rings. The lowest BCUT2D eigenvalue weighted by molar-refractivity contribution is 0.00813. The number of methoxy groups -OCH3 is 1. The molecule has 0 aliphatic rings. The summed E-state index contributed by atoms with van der Waals surface area (Å²) in [6.07, 6.45) is 3.27. The van der Waals surface area contributed by atoms with E-state index in [0.29, 0.717) is 33.1 Å². The number of aromatic amines is 2. The first-order chi connectivity index (χ1) is 14.8. The Hall–Kier alpha value is -2.98. The molecule has 0 amide bonds. The molecule has 3 heterocycles. The lowest BCUT2D eigenvalue weighted by Gasteiger charge is -2.09. The van der Waals surface area contributed by atoms with Gasteiger partial charge >= 0.3 is 5.92 Å². The Morgan fingerprint density at radius 3 is 2.58 bits per heavy atom. The van der Waals surface area contributed by atoms with Gasteiger partial charge in [0.25, 0.3) is 0 Å². The van der Waals surface area contributed by atoms with E-state index in [2.05, 4.69) is 25.4 Å². The number of hydrogen-bond donors (Lipinski definition) is 3. The maximum Gasteiger partial charge on any atom is 0.303 e. The highest BCUT2D eigenvalue weighted by atomic mass is 35.5.